The number of esters is 1. The molecule has 3 rings (SSSR count). The fourth-order valence-electron chi connectivity index (χ4n) is 6.08. The maximum absolute atomic E-state index is 14.2. The van der Waals surface area contributed by atoms with E-state index in [4.69, 9.17) is 9.47 Å². The van der Waals surface area contributed by atoms with Crippen LogP contribution in [0.25, 0.3) is 0 Å². The highest BCUT2D eigenvalue weighted by atomic mass is 19.2. The average Bonchev–Trinajstić information content (AvgIpc) is 2.78. The van der Waals surface area contributed by atoms with Gasteiger partial charge < -0.3 is 9.47 Å². The van der Waals surface area contributed by atoms with Gasteiger partial charge in [-0.1, -0.05) is 46.0 Å². The van der Waals surface area contributed by atoms with Gasteiger partial charge in [0.2, 0.25) is 11.6 Å². The third-order valence-corrected chi connectivity index (χ3v) is 7.80. The molecule has 1 unspecified atom stereocenters. The summed E-state index contributed by atoms with van der Waals surface area (Å²) < 4.78 is 38.1. The van der Waals surface area contributed by atoms with E-state index in [9.17, 15) is 13.6 Å². The third kappa shape index (κ3) is 4.65. The van der Waals surface area contributed by atoms with Crippen LogP contribution < -0.4 is 9.47 Å². The smallest absolute Gasteiger partial charge is 0.314 e. The SMILES string of the molecule is CCCC(C)C1(C2CCC(C(=O)Oc3ccc(OC)c(F)c3F)CC2)CCCCC1. The number of carbonyl (C=O) groups excluding carboxylic acids is 1. The lowest BCUT2D eigenvalue weighted by Gasteiger charge is -2.50. The largest absolute Gasteiger partial charge is 0.494 e. The van der Waals surface area contributed by atoms with Gasteiger partial charge in [-0.15, -0.1) is 0 Å². The van der Waals surface area contributed by atoms with E-state index in [1.54, 1.807) is 0 Å². The molecule has 0 saturated heterocycles. The maximum Gasteiger partial charge on any atom is 0.314 e. The van der Waals surface area contributed by atoms with E-state index >= 15 is 0 Å². The number of halogens is 2. The van der Waals surface area contributed by atoms with Gasteiger partial charge in [0, 0.05) is 0 Å². The summed E-state index contributed by atoms with van der Waals surface area (Å²) in [6, 6.07) is 2.53. The summed E-state index contributed by atoms with van der Waals surface area (Å²) in [4.78, 5) is 12.6. The van der Waals surface area contributed by atoms with Crippen LogP contribution in [0, 0.1) is 34.8 Å². The number of methoxy groups -OCH3 is 1. The first-order valence-electron chi connectivity index (χ1n) is 11.7. The topological polar surface area (TPSA) is 35.5 Å². The molecule has 3 nitrogen and oxygen atoms in total. The molecule has 0 amide bonds. The second-order valence-corrected chi connectivity index (χ2v) is 9.35. The van der Waals surface area contributed by atoms with Crippen LogP contribution >= 0.6 is 0 Å². The predicted molar refractivity (Wildman–Crippen MR) is 114 cm³/mol. The molecule has 1 atom stereocenters. The molecule has 0 radical (unpaired) electrons. The molecular formula is C25H36F2O3. The van der Waals surface area contributed by atoms with E-state index in [0.717, 1.165) is 25.7 Å². The Hall–Kier alpha value is -1.65. The summed E-state index contributed by atoms with van der Waals surface area (Å²) >= 11 is 0. The molecule has 0 spiro atoms. The Balaban J connectivity index is 1.63. The lowest BCUT2D eigenvalue weighted by atomic mass is 9.55. The first kappa shape index (κ1) is 23.0. The highest BCUT2D eigenvalue weighted by Gasteiger charge is 2.45. The molecule has 168 valence electrons. The van der Waals surface area contributed by atoms with Crippen molar-refractivity contribution in [1.29, 1.82) is 0 Å². The first-order chi connectivity index (χ1) is 14.4. The van der Waals surface area contributed by atoms with Crippen LogP contribution in [-0.2, 0) is 4.79 Å². The van der Waals surface area contributed by atoms with E-state index < -0.39 is 17.6 Å². The minimum Gasteiger partial charge on any atom is -0.494 e. The molecule has 2 fully saturated rings. The highest BCUT2D eigenvalue weighted by molar-refractivity contribution is 5.75. The zero-order chi connectivity index (χ0) is 21.7. The Kier molecular flexibility index (Phi) is 7.75. The molecule has 0 N–H and O–H groups in total. The number of hydrogen-bond donors (Lipinski definition) is 0. The Labute approximate surface area is 179 Å². The summed E-state index contributed by atoms with van der Waals surface area (Å²) in [6.07, 6.45) is 12.7. The molecule has 0 aromatic heterocycles. The number of rotatable bonds is 7. The van der Waals surface area contributed by atoms with Gasteiger partial charge in [0.25, 0.3) is 0 Å². The number of benzene rings is 1. The quantitative estimate of drug-likeness (QED) is 0.348. The van der Waals surface area contributed by atoms with Gasteiger partial charge >= 0.3 is 5.97 Å². The van der Waals surface area contributed by atoms with Crippen molar-refractivity contribution in [2.24, 2.45) is 23.2 Å². The van der Waals surface area contributed by atoms with Crippen molar-refractivity contribution in [2.75, 3.05) is 7.11 Å². The van der Waals surface area contributed by atoms with Gasteiger partial charge in [-0.05, 0) is 67.9 Å². The van der Waals surface area contributed by atoms with Crippen molar-refractivity contribution in [3.8, 4) is 11.5 Å². The number of hydrogen-bond acceptors (Lipinski definition) is 3. The monoisotopic (exact) mass is 422 g/mol. The van der Waals surface area contributed by atoms with Crippen LogP contribution in [0.4, 0.5) is 8.78 Å². The Bertz CT molecular complexity index is 719. The van der Waals surface area contributed by atoms with Crippen molar-refractivity contribution >= 4 is 5.97 Å². The molecule has 1 aromatic carbocycles. The maximum atomic E-state index is 14.2. The van der Waals surface area contributed by atoms with Gasteiger partial charge in [0.15, 0.2) is 11.5 Å². The molecular weight excluding hydrogens is 386 g/mol. The van der Waals surface area contributed by atoms with Gasteiger partial charge in [-0.25, -0.2) is 0 Å². The average molecular weight is 423 g/mol. The Morgan fingerprint density at radius 1 is 1.07 bits per heavy atom. The number of carbonyl (C=O) groups is 1. The lowest BCUT2D eigenvalue weighted by Crippen LogP contribution is -2.41. The molecule has 0 bridgehead atoms. The summed E-state index contributed by atoms with van der Waals surface area (Å²) in [5.74, 6) is -2.19. The predicted octanol–water partition coefficient (Wildman–Crippen LogP) is 7.07. The fraction of sp³-hybridized carbons (Fsp3) is 0.720. The second-order valence-electron chi connectivity index (χ2n) is 9.35. The van der Waals surface area contributed by atoms with Crippen LogP contribution in [0.5, 0.6) is 11.5 Å². The van der Waals surface area contributed by atoms with Crippen molar-refractivity contribution in [2.45, 2.75) is 84.5 Å². The summed E-state index contributed by atoms with van der Waals surface area (Å²) in [5, 5.41) is 0. The van der Waals surface area contributed by atoms with Crippen LogP contribution in [0.1, 0.15) is 84.5 Å². The Morgan fingerprint density at radius 3 is 2.27 bits per heavy atom. The first-order valence-corrected chi connectivity index (χ1v) is 11.7. The number of ether oxygens (including phenoxy) is 2. The minimum absolute atomic E-state index is 0.202. The van der Waals surface area contributed by atoms with Gasteiger partial charge in [-0.3, -0.25) is 4.79 Å². The van der Waals surface area contributed by atoms with Crippen LogP contribution in [0.3, 0.4) is 0 Å². The van der Waals surface area contributed by atoms with Crippen molar-refractivity contribution in [1.82, 2.24) is 0 Å². The second kappa shape index (κ2) is 10.1. The Morgan fingerprint density at radius 2 is 1.67 bits per heavy atom. The van der Waals surface area contributed by atoms with Gasteiger partial charge in [0.05, 0.1) is 13.0 Å². The van der Waals surface area contributed by atoms with E-state index in [1.165, 1.54) is 64.2 Å². The third-order valence-electron chi connectivity index (χ3n) is 7.80. The zero-order valence-corrected chi connectivity index (χ0v) is 18.6. The van der Waals surface area contributed by atoms with Gasteiger partial charge in [-0.2, -0.15) is 8.78 Å². The molecule has 1 aromatic rings. The van der Waals surface area contributed by atoms with Crippen molar-refractivity contribution in [3.63, 3.8) is 0 Å². The van der Waals surface area contributed by atoms with E-state index in [-0.39, 0.29) is 17.4 Å². The molecule has 0 aliphatic heterocycles. The standard InChI is InChI=1S/C25H36F2O3/c1-4-8-17(2)25(15-6-5-7-16-25)19-11-9-18(10-12-19)24(28)30-21-14-13-20(29-3)22(26)23(21)27/h13-14,17-19H,4-12,15-16H2,1-3H3. The molecule has 5 heteroatoms. The van der Waals surface area contributed by atoms with E-state index in [1.807, 2.05) is 0 Å². The van der Waals surface area contributed by atoms with Crippen LogP contribution in [-0.4, -0.2) is 13.1 Å². The molecule has 2 aliphatic carbocycles. The molecule has 2 saturated carbocycles. The normalized spacial score (nSPS) is 24.8. The summed E-state index contributed by atoms with van der Waals surface area (Å²) in [7, 11) is 1.27. The van der Waals surface area contributed by atoms with Crippen LogP contribution in [0.2, 0.25) is 0 Å². The lowest BCUT2D eigenvalue weighted by molar-refractivity contribution is -0.141. The minimum atomic E-state index is -1.18. The summed E-state index contributed by atoms with van der Waals surface area (Å²) in [5.41, 5.74) is 0.411. The zero-order valence-electron chi connectivity index (χ0n) is 18.6. The fourth-order valence-corrected chi connectivity index (χ4v) is 6.08. The van der Waals surface area contributed by atoms with E-state index in [0.29, 0.717) is 17.3 Å². The molecule has 0 heterocycles. The molecule has 30 heavy (non-hydrogen) atoms. The van der Waals surface area contributed by atoms with Crippen LogP contribution in [0.15, 0.2) is 12.1 Å². The van der Waals surface area contributed by atoms with Gasteiger partial charge in [0.1, 0.15) is 0 Å². The van der Waals surface area contributed by atoms with Crippen molar-refractivity contribution < 1.29 is 23.0 Å². The highest BCUT2D eigenvalue weighted by Crippen LogP contribution is 2.54. The molecule has 2 aliphatic rings. The van der Waals surface area contributed by atoms with Crippen molar-refractivity contribution in [3.05, 3.63) is 23.8 Å². The van der Waals surface area contributed by atoms with E-state index in [2.05, 4.69) is 13.8 Å². The summed E-state index contributed by atoms with van der Waals surface area (Å²) in [6.45, 7) is 4.69.